The molecule has 1 aromatic rings. The van der Waals surface area contributed by atoms with Crippen LogP contribution in [0.15, 0.2) is 42.5 Å². The molecule has 4 aliphatic rings. The molecule has 1 spiro atoms. The van der Waals surface area contributed by atoms with E-state index in [0.29, 0.717) is 6.54 Å². The molecule has 1 unspecified atom stereocenters. The van der Waals surface area contributed by atoms with Crippen LogP contribution in [0.2, 0.25) is 0 Å². The van der Waals surface area contributed by atoms with Gasteiger partial charge in [-0.05, 0) is 25.0 Å². The number of thioether (sulfide) groups is 1. The number of esters is 1. The highest BCUT2D eigenvalue weighted by Crippen LogP contribution is 2.61. The molecule has 2 fully saturated rings. The van der Waals surface area contributed by atoms with E-state index >= 15 is 0 Å². The lowest BCUT2D eigenvalue weighted by Crippen LogP contribution is -2.54. The van der Waals surface area contributed by atoms with Gasteiger partial charge < -0.3 is 19.6 Å². The summed E-state index contributed by atoms with van der Waals surface area (Å²) >= 11 is 1.50. The third-order valence-electron chi connectivity index (χ3n) is 6.96. The van der Waals surface area contributed by atoms with Crippen LogP contribution in [0.4, 0.5) is 5.69 Å². The van der Waals surface area contributed by atoms with Crippen LogP contribution in [-0.2, 0) is 19.1 Å². The Bertz CT molecular complexity index is 1030. The number of carbonyl (C=O) groups excluding carboxylic acids is 3. The second kappa shape index (κ2) is 7.78. The first-order valence-electron chi connectivity index (χ1n) is 10.9. The van der Waals surface area contributed by atoms with Gasteiger partial charge in [0.25, 0.3) is 5.91 Å². The lowest BCUT2D eigenvalue weighted by Gasteiger charge is -2.35. The van der Waals surface area contributed by atoms with Gasteiger partial charge in [-0.1, -0.05) is 42.5 Å². The van der Waals surface area contributed by atoms with Crippen molar-refractivity contribution in [2.24, 2.45) is 11.8 Å². The van der Waals surface area contributed by atoms with Gasteiger partial charge in [0.1, 0.15) is 12.6 Å². The summed E-state index contributed by atoms with van der Waals surface area (Å²) in [6.45, 7) is 4.31. The first-order chi connectivity index (χ1) is 15.4. The molecular formula is C24H26N2O5S. The van der Waals surface area contributed by atoms with E-state index in [0.717, 1.165) is 16.8 Å². The molecule has 7 nitrogen and oxygen atoms in total. The molecule has 2 saturated heterocycles. The Kier molecular flexibility index (Phi) is 5.17. The average molecular weight is 455 g/mol. The highest BCUT2D eigenvalue weighted by atomic mass is 32.2. The molecule has 1 N–H and O–H groups in total. The van der Waals surface area contributed by atoms with Crippen molar-refractivity contribution in [3.05, 3.63) is 53.6 Å². The zero-order chi connectivity index (χ0) is 22.6. The molecular weight excluding hydrogens is 428 g/mol. The third kappa shape index (κ3) is 2.89. The van der Waals surface area contributed by atoms with E-state index in [2.05, 4.69) is 0 Å². The number of hydrogen-bond acceptors (Lipinski definition) is 6. The number of fused-ring (bicyclic) bond motifs is 2. The normalized spacial score (nSPS) is 33.5. The van der Waals surface area contributed by atoms with Crippen molar-refractivity contribution in [3.8, 4) is 0 Å². The number of benzene rings is 1. The first-order valence-corrected chi connectivity index (χ1v) is 11.8. The van der Waals surface area contributed by atoms with Crippen LogP contribution in [0, 0.1) is 25.7 Å². The number of aliphatic hydroxyl groups is 1. The Balaban J connectivity index is 1.65. The van der Waals surface area contributed by atoms with E-state index < -0.39 is 28.6 Å². The number of cyclic esters (lactones) is 1. The number of carbonyl (C=O) groups is 3. The molecule has 2 amide bonds. The van der Waals surface area contributed by atoms with Gasteiger partial charge in [0.2, 0.25) is 5.91 Å². The smallest absolute Gasteiger partial charge is 0.311 e. The standard InChI is InChI=1S/C24H26N2O5S/c1-14-6-3-7-15(2)19(14)25-10-5-9-24-18(17-16(32-24)8-4-13-31-23(17)30)21(28)26(11-12-27)20(24)22(25)29/h3-9,16-18,20,27H,10-13H2,1-2H3/t16-,17+,18+,20?,24+/m1/s1. The Morgan fingerprint density at radius 2 is 1.91 bits per heavy atom. The van der Waals surface area contributed by atoms with Gasteiger partial charge in [0.05, 0.1) is 23.2 Å². The number of rotatable bonds is 3. The van der Waals surface area contributed by atoms with Crippen molar-refractivity contribution in [3.63, 3.8) is 0 Å². The summed E-state index contributed by atoms with van der Waals surface area (Å²) in [6.07, 6.45) is 7.65. The van der Waals surface area contributed by atoms with Crippen molar-refractivity contribution in [1.82, 2.24) is 4.90 Å². The van der Waals surface area contributed by atoms with Crippen LogP contribution in [0.25, 0.3) is 0 Å². The van der Waals surface area contributed by atoms with E-state index in [9.17, 15) is 19.5 Å². The van der Waals surface area contributed by atoms with E-state index in [1.807, 2.05) is 56.4 Å². The number of likely N-dealkylation sites (tertiary alicyclic amines) is 1. The van der Waals surface area contributed by atoms with E-state index in [1.54, 1.807) is 4.90 Å². The molecule has 168 valence electrons. The first kappa shape index (κ1) is 21.3. The number of anilines is 1. The number of β-amino-alcohol motifs (C(OH)–C–C–N with tert-alkyl or cyclic N) is 1. The monoisotopic (exact) mass is 454 g/mol. The third-order valence-corrected chi connectivity index (χ3v) is 8.71. The van der Waals surface area contributed by atoms with Crippen molar-refractivity contribution in [2.45, 2.75) is 29.9 Å². The lowest BCUT2D eigenvalue weighted by atomic mass is 9.78. The quantitative estimate of drug-likeness (QED) is 0.552. The molecule has 0 aliphatic carbocycles. The van der Waals surface area contributed by atoms with Crippen LogP contribution in [-0.4, -0.2) is 70.1 Å². The van der Waals surface area contributed by atoms with Crippen LogP contribution in [0.1, 0.15) is 11.1 Å². The Labute approximate surface area is 191 Å². The summed E-state index contributed by atoms with van der Waals surface area (Å²) in [5, 5.41) is 9.47. The predicted molar refractivity (Wildman–Crippen MR) is 121 cm³/mol. The highest BCUT2D eigenvalue weighted by molar-refractivity contribution is 8.02. The number of amides is 2. The summed E-state index contributed by atoms with van der Waals surface area (Å²) in [6, 6.07) is 5.09. The zero-order valence-corrected chi connectivity index (χ0v) is 18.9. The Morgan fingerprint density at radius 1 is 1.16 bits per heavy atom. The fourth-order valence-corrected chi connectivity index (χ4v) is 7.75. The molecule has 5 atom stereocenters. The topological polar surface area (TPSA) is 87.2 Å². The maximum atomic E-state index is 14.1. The predicted octanol–water partition coefficient (Wildman–Crippen LogP) is 1.61. The molecule has 4 aliphatic heterocycles. The van der Waals surface area contributed by atoms with Gasteiger partial charge in [0.15, 0.2) is 0 Å². The fraction of sp³-hybridized carbons (Fsp3) is 0.458. The van der Waals surface area contributed by atoms with E-state index in [1.165, 1.54) is 16.7 Å². The maximum Gasteiger partial charge on any atom is 0.311 e. The second-order valence-electron chi connectivity index (χ2n) is 8.75. The van der Waals surface area contributed by atoms with Crippen molar-refractivity contribution < 1.29 is 24.2 Å². The van der Waals surface area contributed by atoms with Crippen LogP contribution in [0.5, 0.6) is 0 Å². The van der Waals surface area contributed by atoms with Crippen molar-refractivity contribution >= 4 is 35.2 Å². The molecule has 0 saturated carbocycles. The second-order valence-corrected chi connectivity index (χ2v) is 10.2. The highest BCUT2D eigenvalue weighted by Gasteiger charge is 2.71. The number of aryl methyl sites for hydroxylation is 2. The zero-order valence-electron chi connectivity index (χ0n) is 18.1. The molecule has 32 heavy (non-hydrogen) atoms. The molecule has 0 aromatic heterocycles. The largest absolute Gasteiger partial charge is 0.461 e. The average Bonchev–Trinajstić information content (AvgIpc) is 3.04. The number of nitrogens with zero attached hydrogens (tertiary/aromatic N) is 2. The summed E-state index contributed by atoms with van der Waals surface area (Å²) in [5.74, 6) is -2.20. The van der Waals surface area contributed by atoms with Gasteiger partial charge in [-0.3, -0.25) is 14.4 Å². The fourth-order valence-electron chi connectivity index (χ4n) is 5.75. The van der Waals surface area contributed by atoms with Crippen LogP contribution >= 0.6 is 11.8 Å². The number of aliphatic hydroxyl groups excluding tert-OH is 1. The van der Waals surface area contributed by atoms with Crippen LogP contribution < -0.4 is 4.90 Å². The lowest BCUT2D eigenvalue weighted by molar-refractivity contribution is -0.151. The Morgan fingerprint density at radius 3 is 2.62 bits per heavy atom. The van der Waals surface area contributed by atoms with Crippen molar-refractivity contribution in [2.75, 3.05) is 31.2 Å². The number of ether oxygens (including phenoxy) is 1. The van der Waals surface area contributed by atoms with E-state index in [-0.39, 0.29) is 36.8 Å². The summed E-state index contributed by atoms with van der Waals surface area (Å²) in [4.78, 5) is 43.8. The molecule has 8 heteroatoms. The summed E-state index contributed by atoms with van der Waals surface area (Å²) in [7, 11) is 0. The van der Waals surface area contributed by atoms with Gasteiger partial charge in [-0.25, -0.2) is 0 Å². The molecule has 0 bridgehead atoms. The summed E-state index contributed by atoms with van der Waals surface area (Å²) in [5.41, 5.74) is 2.80. The number of para-hydroxylation sites is 1. The molecule has 4 heterocycles. The van der Waals surface area contributed by atoms with Gasteiger partial charge >= 0.3 is 5.97 Å². The Hall–Kier alpha value is -2.58. The maximum absolute atomic E-state index is 14.1. The van der Waals surface area contributed by atoms with Crippen LogP contribution in [0.3, 0.4) is 0 Å². The minimum absolute atomic E-state index is 0.0464. The molecule has 0 radical (unpaired) electrons. The van der Waals surface area contributed by atoms with E-state index in [4.69, 9.17) is 4.74 Å². The SMILES string of the molecule is Cc1cccc(C)c1N1CC=C[C@]23S[C@@H]4C=CCOC(=O)[C@@H]4[C@H]2C(=O)N(CCO)C3C1=O. The molecule has 1 aromatic carbocycles. The minimum Gasteiger partial charge on any atom is -0.461 e. The summed E-state index contributed by atoms with van der Waals surface area (Å²) < 4.78 is 4.46. The van der Waals surface area contributed by atoms with Gasteiger partial charge in [-0.15, -0.1) is 11.8 Å². The van der Waals surface area contributed by atoms with Crippen molar-refractivity contribution in [1.29, 1.82) is 0 Å². The minimum atomic E-state index is -0.884. The molecule has 5 rings (SSSR count). The van der Waals surface area contributed by atoms with Gasteiger partial charge in [-0.2, -0.15) is 0 Å². The van der Waals surface area contributed by atoms with Gasteiger partial charge in [0, 0.05) is 24.0 Å². The number of hydrogen-bond donors (Lipinski definition) is 1.